The van der Waals surface area contributed by atoms with Gasteiger partial charge in [-0.05, 0) is 53.0 Å². The summed E-state index contributed by atoms with van der Waals surface area (Å²) < 4.78 is 11.4. The lowest BCUT2D eigenvalue weighted by molar-refractivity contribution is 0.0464. The molecule has 0 bridgehead atoms. The molecule has 2 atom stereocenters. The molecule has 18 heavy (non-hydrogen) atoms. The lowest BCUT2D eigenvalue weighted by atomic mass is 9.96. The molecule has 1 N–H and O–H groups in total. The lowest BCUT2D eigenvalue weighted by Gasteiger charge is -2.29. The maximum absolute atomic E-state index is 5.93. The zero-order valence-electron chi connectivity index (χ0n) is 12.8. The van der Waals surface area contributed by atoms with E-state index in [9.17, 15) is 0 Å². The average molecular weight is 255 g/mol. The third-order valence-electron chi connectivity index (χ3n) is 4.24. The number of ether oxygens (including phenoxy) is 2. The van der Waals surface area contributed by atoms with E-state index in [1.807, 2.05) is 6.92 Å². The summed E-state index contributed by atoms with van der Waals surface area (Å²) in [5, 5.41) is 3.51. The predicted octanol–water partition coefficient (Wildman–Crippen LogP) is 3.11. The molecule has 3 nitrogen and oxygen atoms in total. The molecule has 0 aromatic heterocycles. The molecule has 1 rings (SSSR count). The summed E-state index contributed by atoms with van der Waals surface area (Å²) in [6.45, 7) is 12.4. The number of allylic oxidation sites excluding steroid dienone is 1. The summed E-state index contributed by atoms with van der Waals surface area (Å²) in [5.41, 5.74) is 0.922. The van der Waals surface area contributed by atoms with Gasteiger partial charge >= 0.3 is 0 Å². The van der Waals surface area contributed by atoms with Crippen LogP contribution in [0.15, 0.2) is 11.3 Å². The molecule has 1 heterocycles. The van der Waals surface area contributed by atoms with Crippen LogP contribution in [0, 0.1) is 5.92 Å². The van der Waals surface area contributed by atoms with E-state index < -0.39 is 0 Å². The summed E-state index contributed by atoms with van der Waals surface area (Å²) in [4.78, 5) is 0. The molecular weight excluding hydrogens is 226 g/mol. The van der Waals surface area contributed by atoms with Crippen molar-refractivity contribution in [1.29, 1.82) is 0 Å². The van der Waals surface area contributed by atoms with Crippen molar-refractivity contribution in [1.82, 2.24) is 5.32 Å². The number of nitrogens with one attached hydrogen (secondary N) is 1. The van der Waals surface area contributed by atoms with Crippen LogP contribution in [0.4, 0.5) is 0 Å². The predicted molar refractivity (Wildman–Crippen MR) is 75.6 cm³/mol. The van der Waals surface area contributed by atoms with Crippen molar-refractivity contribution < 1.29 is 9.47 Å². The van der Waals surface area contributed by atoms with Crippen LogP contribution in [0.25, 0.3) is 0 Å². The van der Waals surface area contributed by atoms with Crippen LogP contribution < -0.4 is 5.32 Å². The van der Waals surface area contributed by atoms with Gasteiger partial charge in [0, 0.05) is 25.6 Å². The molecule has 3 heteroatoms. The summed E-state index contributed by atoms with van der Waals surface area (Å²) in [5.74, 6) is 1.63. The van der Waals surface area contributed by atoms with Gasteiger partial charge in [0.2, 0.25) is 0 Å². The van der Waals surface area contributed by atoms with E-state index in [0.717, 1.165) is 18.9 Å². The number of piperidine rings is 1. The molecule has 0 amide bonds. The molecule has 0 aromatic carbocycles. The van der Waals surface area contributed by atoms with Gasteiger partial charge in [0.25, 0.3) is 0 Å². The number of hydrogen-bond acceptors (Lipinski definition) is 3. The van der Waals surface area contributed by atoms with Crippen molar-refractivity contribution in [3.05, 3.63) is 11.3 Å². The summed E-state index contributed by atoms with van der Waals surface area (Å²) in [6, 6.07) is 0.659. The number of hydrogen-bond donors (Lipinski definition) is 1. The van der Waals surface area contributed by atoms with Crippen molar-refractivity contribution in [3.8, 4) is 0 Å². The van der Waals surface area contributed by atoms with Gasteiger partial charge in [-0.2, -0.15) is 0 Å². The minimum atomic E-state index is -0.247. The van der Waals surface area contributed by atoms with Gasteiger partial charge < -0.3 is 14.8 Å². The molecule has 0 aromatic rings. The van der Waals surface area contributed by atoms with Gasteiger partial charge in [-0.1, -0.05) is 0 Å². The Hall–Kier alpha value is -0.540. The fraction of sp³-hybridized carbons (Fsp3) is 0.867. The molecule has 0 aliphatic carbocycles. The zero-order chi connectivity index (χ0) is 13.8. The Morgan fingerprint density at radius 3 is 2.44 bits per heavy atom. The first-order valence-electron chi connectivity index (χ1n) is 6.96. The van der Waals surface area contributed by atoms with Crippen molar-refractivity contribution in [2.24, 2.45) is 5.92 Å². The first-order valence-corrected chi connectivity index (χ1v) is 6.96. The third kappa shape index (κ3) is 4.29. The maximum Gasteiger partial charge on any atom is 0.0946 e. The smallest absolute Gasteiger partial charge is 0.0946 e. The topological polar surface area (TPSA) is 30.5 Å². The van der Waals surface area contributed by atoms with Crippen LogP contribution in [0.3, 0.4) is 0 Å². The summed E-state index contributed by atoms with van der Waals surface area (Å²) >= 11 is 0. The minimum Gasteiger partial charge on any atom is -0.498 e. The van der Waals surface area contributed by atoms with Crippen molar-refractivity contribution >= 4 is 0 Å². The monoisotopic (exact) mass is 255 g/mol. The van der Waals surface area contributed by atoms with Gasteiger partial charge in [-0.15, -0.1) is 0 Å². The Morgan fingerprint density at radius 2 is 1.94 bits per heavy atom. The zero-order valence-corrected chi connectivity index (χ0v) is 12.8. The molecule has 1 fully saturated rings. The van der Waals surface area contributed by atoms with Crippen molar-refractivity contribution in [2.75, 3.05) is 20.3 Å². The molecule has 0 spiro atoms. The van der Waals surface area contributed by atoms with E-state index in [0.29, 0.717) is 12.0 Å². The molecule has 0 radical (unpaired) electrons. The van der Waals surface area contributed by atoms with Gasteiger partial charge in [-0.25, -0.2) is 0 Å². The molecule has 106 valence electrons. The largest absolute Gasteiger partial charge is 0.498 e. The van der Waals surface area contributed by atoms with E-state index >= 15 is 0 Å². The normalized spacial score (nSPS) is 26.8. The van der Waals surface area contributed by atoms with Crippen LogP contribution in [-0.2, 0) is 9.47 Å². The van der Waals surface area contributed by atoms with Crippen LogP contribution >= 0.6 is 0 Å². The second-order valence-electron chi connectivity index (χ2n) is 5.96. The molecule has 1 saturated heterocycles. The Bertz CT molecular complexity index is 289. The Labute approximate surface area is 112 Å². The van der Waals surface area contributed by atoms with Crippen LogP contribution in [-0.4, -0.2) is 31.9 Å². The van der Waals surface area contributed by atoms with Gasteiger partial charge in [0.1, 0.15) is 0 Å². The van der Waals surface area contributed by atoms with E-state index in [4.69, 9.17) is 9.47 Å². The van der Waals surface area contributed by atoms with Gasteiger partial charge in [-0.3, -0.25) is 0 Å². The highest BCUT2D eigenvalue weighted by atomic mass is 16.5. The fourth-order valence-corrected chi connectivity index (χ4v) is 2.13. The highest BCUT2D eigenvalue weighted by molar-refractivity contribution is 5.14. The fourth-order valence-electron chi connectivity index (χ4n) is 2.13. The van der Waals surface area contributed by atoms with E-state index in [-0.39, 0.29) is 5.60 Å². The minimum absolute atomic E-state index is 0.247. The first kappa shape index (κ1) is 15.5. The lowest BCUT2D eigenvalue weighted by Crippen LogP contribution is -2.38. The Kier molecular flexibility index (Phi) is 5.67. The number of rotatable bonds is 5. The Balaban J connectivity index is 2.45. The number of methoxy groups -OCH3 is 1. The summed E-state index contributed by atoms with van der Waals surface area (Å²) in [6.07, 6.45) is 2.51. The van der Waals surface area contributed by atoms with Crippen molar-refractivity contribution in [3.63, 3.8) is 0 Å². The van der Waals surface area contributed by atoms with Crippen LogP contribution in [0.5, 0.6) is 0 Å². The molecular formula is C15H29NO2. The van der Waals surface area contributed by atoms with E-state index in [1.165, 1.54) is 18.4 Å². The Morgan fingerprint density at radius 1 is 1.28 bits per heavy atom. The molecule has 2 unspecified atom stereocenters. The van der Waals surface area contributed by atoms with Gasteiger partial charge in [0.15, 0.2) is 0 Å². The SMILES string of the molecule is COC(C)(C)C(C)=C(C)OCC1CCC(C)NC1. The second kappa shape index (κ2) is 6.58. The standard InChI is InChI=1S/C15H29NO2/c1-11-7-8-14(9-16-11)10-18-13(3)12(2)15(4,5)17-6/h11,14,16H,7-10H2,1-6H3. The average Bonchev–Trinajstić information content (AvgIpc) is 2.36. The highest BCUT2D eigenvalue weighted by Crippen LogP contribution is 2.24. The molecule has 0 saturated carbocycles. The van der Waals surface area contributed by atoms with Crippen molar-refractivity contribution in [2.45, 2.75) is 59.1 Å². The summed E-state index contributed by atoms with van der Waals surface area (Å²) in [7, 11) is 1.74. The molecule has 1 aliphatic heterocycles. The first-order chi connectivity index (χ1) is 8.36. The quantitative estimate of drug-likeness (QED) is 0.766. The molecule has 1 aliphatic rings. The van der Waals surface area contributed by atoms with E-state index in [1.54, 1.807) is 7.11 Å². The van der Waals surface area contributed by atoms with Crippen LogP contribution in [0.1, 0.15) is 47.5 Å². The highest BCUT2D eigenvalue weighted by Gasteiger charge is 2.23. The van der Waals surface area contributed by atoms with Gasteiger partial charge in [0.05, 0.1) is 18.0 Å². The van der Waals surface area contributed by atoms with Crippen LogP contribution in [0.2, 0.25) is 0 Å². The van der Waals surface area contributed by atoms with E-state index in [2.05, 4.69) is 33.0 Å². The second-order valence-corrected chi connectivity index (χ2v) is 5.96. The third-order valence-corrected chi connectivity index (χ3v) is 4.24. The maximum atomic E-state index is 5.93.